The van der Waals surface area contributed by atoms with Crippen molar-refractivity contribution in [3.8, 4) is 5.95 Å². The quantitative estimate of drug-likeness (QED) is 0.685. The first kappa shape index (κ1) is 11.1. The summed E-state index contributed by atoms with van der Waals surface area (Å²) in [6, 6.07) is 3.57. The Balaban J connectivity index is 1.94. The van der Waals surface area contributed by atoms with E-state index >= 15 is 0 Å². The molecule has 0 radical (unpaired) electrons. The second kappa shape index (κ2) is 4.37. The van der Waals surface area contributed by atoms with Crippen LogP contribution in [-0.4, -0.2) is 34.5 Å². The molecule has 19 heavy (non-hydrogen) atoms. The number of anilines is 3. The molecule has 0 spiro atoms. The molecule has 0 atom stereocenters. The Kier molecular flexibility index (Phi) is 2.56. The zero-order valence-electron chi connectivity index (χ0n) is 10.1. The standard InChI is InChI=1S/C10H11N9/c1-18-6-3-7(17-18)13-9-14-8(11)15-10(16-9)19-5-2-4-12-19/h2-6H,1H3,(H3,11,13,14,15,16,17). The Morgan fingerprint density at radius 3 is 2.79 bits per heavy atom. The van der Waals surface area contributed by atoms with Gasteiger partial charge in [0.05, 0.1) is 0 Å². The molecule has 0 aromatic carbocycles. The molecular formula is C10H11N9. The van der Waals surface area contributed by atoms with Crippen LogP contribution >= 0.6 is 0 Å². The van der Waals surface area contributed by atoms with Crippen LogP contribution in [0.4, 0.5) is 17.7 Å². The van der Waals surface area contributed by atoms with Crippen molar-refractivity contribution in [2.24, 2.45) is 7.05 Å². The normalized spacial score (nSPS) is 10.6. The zero-order chi connectivity index (χ0) is 13.2. The van der Waals surface area contributed by atoms with Gasteiger partial charge in [-0.15, -0.1) is 0 Å². The first-order valence-corrected chi connectivity index (χ1v) is 5.49. The lowest BCUT2D eigenvalue weighted by atomic mass is 10.6. The Labute approximate surface area is 108 Å². The smallest absolute Gasteiger partial charge is 0.257 e. The predicted molar refractivity (Wildman–Crippen MR) is 67.9 cm³/mol. The van der Waals surface area contributed by atoms with Gasteiger partial charge in [0.1, 0.15) is 0 Å². The van der Waals surface area contributed by atoms with Crippen LogP contribution in [0, 0.1) is 0 Å². The fourth-order valence-electron chi connectivity index (χ4n) is 1.52. The highest BCUT2D eigenvalue weighted by Gasteiger charge is 2.07. The van der Waals surface area contributed by atoms with Crippen LogP contribution < -0.4 is 11.1 Å². The minimum atomic E-state index is 0.110. The van der Waals surface area contributed by atoms with Crippen molar-refractivity contribution in [3.63, 3.8) is 0 Å². The van der Waals surface area contributed by atoms with E-state index in [2.05, 4.69) is 30.5 Å². The van der Waals surface area contributed by atoms with Crippen molar-refractivity contribution in [1.82, 2.24) is 34.5 Å². The van der Waals surface area contributed by atoms with Crippen molar-refractivity contribution in [3.05, 3.63) is 30.7 Å². The SMILES string of the molecule is Cn1ccc(Nc2nc(N)nc(-n3cccn3)n2)n1. The average Bonchev–Trinajstić information content (AvgIpc) is 3.00. The number of nitrogens with zero attached hydrogens (tertiary/aromatic N) is 7. The third-order valence-electron chi connectivity index (χ3n) is 2.30. The topological polar surface area (TPSA) is 112 Å². The number of hydrogen-bond acceptors (Lipinski definition) is 7. The summed E-state index contributed by atoms with van der Waals surface area (Å²) in [6.45, 7) is 0. The van der Waals surface area contributed by atoms with E-state index < -0.39 is 0 Å². The van der Waals surface area contributed by atoms with Gasteiger partial charge in [0.2, 0.25) is 11.9 Å². The van der Waals surface area contributed by atoms with E-state index in [1.807, 2.05) is 7.05 Å². The summed E-state index contributed by atoms with van der Waals surface area (Å²) in [4.78, 5) is 12.2. The molecule has 9 nitrogen and oxygen atoms in total. The number of aryl methyl sites for hydroxylation is 1. The van der Waals surface area contributed by atoms with Crippen molar-refractivity contribution in [1.29, 1.82) is 0 Å². The van der Waals surface area contributed by atoms with Gasteiger partial charge in [0.25, 0.3) is 5.95 Å². The van der Waals surface area contributed by atoms with E-state index in [1.165, 1.54) is 4.68 Å². The number of nitrogens with one attached hydrogen (secondary N) is 1. The molecule has 3 aromatic heterocycles. The van der Waals surface area contributed by atoms with Crippen molar-refractivity contribution in [2.75, 3.05) is 11.1 Å². The number of hydrogen-bond donors (Lipinski definition) is 2. The van der Waals surface area contributed by atoms with E-state index in [4.69, 9.17) is 5.73 Å². The van der Waals surface area contributed by atoms with Gasteiger partial charge in [0, 0.05) is 31.7 Å². The second-order valence-electron chi connectivity index (χ2n) is 3.77. The maximum absolute atomic E-state index is 5.66. The lowest BCUT2D eigenvalue weighted by Gasteiger charge is -2.04. The van der Waals surface area contributed by atoms with Crippen LogP contribution in [0.25, 0.3) is 5.95 Å². The maximum Gasteiger partial charge on any atom is 0.257 e. The number of aromatic nitrogens is 7. The predicted octanol–water partition coefficient (Wildman–Crippen LogP) is 0.117. The Bertz CT molecular complexity index is 685. The maximum atomic E-state index is 5.66. The van der Waals surface area contributed by atoms with Crippen molar-refractivity contribution in [2.45, 2.75) is 0 Å². The van der Waals surface area contributed by atoms with Gasteiger partial charge < -0.3 is 11.1 Å². The Hall–Kier alpha value is -2.97. The summed E-state index contributed by atoms with van der Waals surface area (Å²) in [6.07, 6.45) is 5.16. The lowest BCUT2D eigenvalue weighted by molar-refractivity contribution is 0.769. The van der Waals surface area contributed by atoms with Gasteiger partial charge in [0.15, 0.2) is 5.82 Å². The third-order valence-corrected chi connectivity index (χ3v) is 2.30. The van der Waals surface area contributed by atoms with Gasteiger partial charge in [-0.05, 0) is 6.07 Å². The molecule has 0 unspecified atom stereocenters. The van der Waals surface area contributed by atoms with Crippen LogP contribution in [0.2, 0.25) is 0 Å². The highest BCUT2D eigenvalue weighted by Crippen LogP contribution is 2.11. The van der Waals surface area contributed by atoms with Crippen LogP contribution in [-0.2, 0) is 7.05 Å². The highest BCUT2D eigenvalue weighted by atomic mass is 15.4. The minimum Gasteiger partial charge on any atom is -0.368 e. The molecule has 0 saturated carbocycles. The second-order valence-corrected chi connectivity index (χ2v) is 3.77. The molecule has 0 fully saturated rings. The monoisotopic (exact) mass is 257 g/mol. The van der Waals surface area contributed by atoms with E-state index in [1.54, 1.807) is 35.4 Å². The number of nitrogens with two attached hydrogens (primary N) is 1. The molecule has 96 valence electrons. The van der Waals surface area contributed by atoms with Gasteiger partial charge in [-0.3, -0.25) is 4.68 Å². The van der Waals surface area contributed by atoms with E-state index in [9.17, 15) is 0 Å². The third kappa shape index (κ3) is 2.34. The van der Waals surface area contributed by atoms with Gasteiger partial charge in [-0.2, -0.15) is 25.1 Å². The van der Waals surface area contributed by atoms with Crippen molar-refractivity contribution >= 4 is 17.7 Å². The van der Waals surface area contributed by atoms with Gasteiger partial charge in [-0.25, -0.2) is 4.68 Å². The first-order chi connectivity index (χ1) is 9.20. The van der Waals surface area contributed by atoms with E-state index in [0.29, 0.717) is 17.7 Å². The average molecular weight is 257 g/mol. The highest BCUT2D eigenvalue weighted by molar-refractivity contribution is 5.48. The fraction of sp³-hybridized carbons (Fsp3) is 0.100. The molecule has 3 N–H and O–H groups in total. The summed E-state index contributed by atoms with van der Waals surface area (Å²) in [5, 5.41) is 11.2. The summed E-state index contributed by atoms with van der Waals surface area (Å²) in [5.74, 6) is 1.39. The Morgan fingerprint density at radius 2 is 2.11 bits per heavy atom. The first-order valence-electron chi connectivity index (χ1n) is 5.49. The van der Waals surface area contributed by atoms with E-state index in [-0.39, 0.29) is 5.95 Å². The van der Waals surface area contributed by atoms with Crippen LogP contribution in [0.3, 0.4) is 0 Å². The van der Waals surface area contributed by atoms with Crippen LogP contribution in [0.5, 0.6) is 0 Å². The van der Waals surface area contributed by atoms with Crippen LogP contribution in [0.15, 0.2) is 30.7 Å². The molecule has 3 rings (SSSR count). The fourth-order valence-corrected chi connectivity index (χ4v) is 1.52. The minimum absolute atomic E-state index is 0.110. The molecule has 0 bridgehead atoms. The molecule has 0 saturated heterocycles. The van der Waals surface area contributed by atoms with Crippen molar-refractivity contribution < 1.29 is 0 Å². The number of nitrogen functional groups attached to an aromatic ring is 1. The summed E-state index contributed by atoms with van der Waals surface area (Å²) >= 11 is 0. The molecule has 0 aliphatic carbocycles. The largest absolute Gasteiger partial charge is 0.368 e. The molecule has 9 heteroatoms. The lowest BCUT2D eigenvalue weighted by Crippen LogP contribution is -2.09. The summed E-state index contributed by atoms with van der Waals surface area (Å²) in [5.41, 5.74) is 5.66. The molecule has 0 aliphatic heterocycles. The molecule has 3 heterocycles. The van der Waals surface area contributed by atoms with Gasteiger partial charge >= 0.3 is 0 Å². The molecule has 0 aliphatic rings. The van der Waals surface area contributed by atoms with Gasteiger partial charge in [-0.1, -0.05) is 0 Å². The Morgan fingerprint density at radius 1 is 1.21 bits per heavy atom. The molecule has 0 amide bonds. The van der Waals surface area contributed by atoms with Crippen LogP contribution in [0.1, 0.15) is 0 Å². The summed E-state index contributed by atoms with van der Waals surface area (Å²) in [7, 11) is 1.82. The molecule has 3 aromatic rings. The van der Waals surface area contributed by atoms with E-state index in [0.717, 1.165) is 0 Å². The zero-order valence-corrected chi connectivity index (χ0v) is 10.1. The summed E-state index contributed by atoms with van der Waals surface area (Å²) < 4.78 is 3.17. The molecular weight excluding hydrogens is 246 g/mol. The number of rotatable bonds is 3.